The maximum atomic E-state index is 13.8. The minimum Gasteiger partial charge on any atom is -0.395 e. The summed E-state index contributed by atoms with van der Waals surface area (Å²) in [5, 5.41) is 17.1. The fraction of sp³-hybridized carbons (Fsp3) is 0.440. The first-order valence-corrected chi connectivity index (χ1v) is 12.1. The Morgan fingerprint density at radius 1 is 1.09 bits per heavy atom. The highest BCUT2D eigenvalue weighted by atomic mass is 16.3. The number of carbonyl (C=O) groups is 2. The molecule has 2 aliphatic heterocycles. The zero-order valence-electron chi connectivity index (χ0n) is 20.0. The predicted octanol–water partition coefficient (Wildman–Crippen LogP) is 0.715. The Bertz CT molecular complexity index is 1230. The molecule has 0 radical (unpaired) electrons. The third-order valence-electron chi connectivity index (χ3n) is 6.77. The number of hydrogen-bond donors (Lipinski definition) is 2. The second-order valence-electron chi connectivity index (χ2n) is 9.20. The molecule has 4 heterocycles. The van der Waals surface area contributed by atoms with E-state index >= 15 is 0 Å². The van der Waals surface area contributed by atoms with Crippen LogP contribution in [0.15, 0.2) is 36.7 Å². The molecule has 2 aliphatic rings. The molecule has 2 N–H and O–H groups in total. The molecule has 184 valence electrons. The number of anilines is 1. The topological polar surface area (TPSA) is 107 Å². The molecule has 0 bridgehead atoms. The fourth-order valence-corrected chi connectivity index (χ4v) is 4.99. The first-order valence-electron chi connectivity index (χ1n) is 12.1. The highest BCUT2D eigenvalue weighted by Gasteiger charge is 2.30. The predicted molar refractivity (Wildman–Crippen MR) is 132 cm³/mol. The molecule has 2 amide bonds. The van der Waals surface area contributed by atoms with Crippen LogP contribution in [0.2, 0.25) is 0 Å². The van der Waals surface area contributed by atoms with E-state index in [0.29, 0.717) is 50.4 Å². The standard InChI is InChI=1S/C25H31N7O3/c1-29-15-18(14-26-29)27-23(34)17-31-7-6-22-20(16-31)24(19-4-2-3-5-21(19)28-22)25(35)32-10-8-30(9-11-32)12-13-33/h2-5,14-15,33H,6-13,16-17H2,1H3,(H,27,34). The number of amides is 2. The van der Waals surface area contributed by atoms with Crippen molar-refractivity contribution in [2.75, 3.05) is 57.7 Å². The van der Waals surface area contributed by atoms with E-state index in [4.69, 9.17) is 4.98 Å². The number of hydrogen-bond acceptors (Lipinski definition) is 7. The zero-order chi connectivity index (χ0) is 24.4. The van der Waals surface area contributed by atoms with Crippen LogP contribution >= 0.6 is 0 Å². The van der Waals surface area contributed by atoms with E-state index < -0.39 is 0 Å². The van der Waals surface area contributed by atoms with Gasteiger partial charge in [-0.1, -0.05) is 18.2 Å². The maximum absolute atomic E-state index is 13.8. The molecule has 10 nitrogen and oxygen atoms in total. The normalized spacial score (nSPS) is 16.9. The smallest absolute Gasteiger partial charge is 0.255 e. The summed E-state index contributed by atoms with van der Waals surface area (Å²) in [6.07, 6.45) is 4.07. The molecule has 10 heteroatoms. The highest BCUT2D eigenvalue weighted by Crippen LogP contribution is 2.29. The number of aromatic nitrogens is 3. The number of piperazine rings is 1. The van der Waals surface area contributed by atoms with Crippen molar-refractivity contribution < 1.29 is 14.7 Å². The van der Waals surface area contributed by atoms with Crippen LogP contribution in [0.1, 0.15) is 21.6 Å². The van der Waals surface area contributed by atoms with E-state index in [1.165, 1.54) is 0 Å². The molecule has 0 aliphatic carbocycles. The van der Waals surface area contributed by atoms with Gasteiger partial charge in [0.05, 0.1) is 36.1 Å². The van der Waals surface area contributed by atoms with Gasteiger partial charge in [0.15, 0.2) is 0 Å². The third-order valence-corrected chi connectivity index (χ3v) is 6.77. The van der Waals surface area contributed by atoms with Crippen LogP contribution in [0.3, 0.4) is 0 Å². The SMILES string of the molecule is Cn1cc(NC(=O)CN2CCc3nc4ccccc4c(C(=O)N4CCN(CCO)CC4)c3C2)cn1. The lowest BCUT2D eigenvalue weighted by atomic mass is 9.94. The molecule has 35 heavy (non-hydrogen) atoms. The summed E-state index contributed by atoms with van der Waals surface area (Å²) in [4.78, 5) is 37.5. The number of aliphatic hydroxyl groups is 1. The average molecular weight is 478 g/mol. The van der Waals surface area contributed by atoms with Gasteiger partial charge in [-0.2, -0.15) is 5.10 Å². The van der Waals surface area contributed by atoms with Gasteiger partial charge >= 0.3 is 0 Å². The second kappa shape index (κ2) is 10.1. The summed E-state index contributed by atoms with van der Waals surface area (Å²) in [6.45, 7) is 4.94. The van der Waals surface area contributed by atoms with Gasteiger partial charge in [-0.15, -0.1) is 0 Å². The number of pyridine rings is 1. The Morgan fingerprint density at radius 2 is 1.89 bits per heavy atom. The van der Waals surface area contributed by atoms with Crippen LogP contribution in [0.25, 0.3) is 10.9 Å². The van der Waals surface area contributed by atoms with Crippen molar-refractivity contribution in [1.29, 1.82) is 0 Å². The number of nitrogens with zero attached hydrogens (tertiary/aromatic N) is 6. The lowest BCUT2D eigenvalue weighted by molar-refractivity contribution is -0.117. The van der Waals surface area contributed by atoms with Crippen molar-refractivity contribution in [2.24, 2.45) is 7.05 Å². The monoisotopic (exact) mass is 477 g/mol. The van der Waals surface area contributed by atoms with Crippen molar-refractivity contribution in [3.05, 3.63) is 53.5 Å². The quantitative estimate of drug-likeness (QED) is 0.539. The second-order valence-corrected chi connectivity index (χ2v) is 9.20. The largest absolute Gasteiger partial charge is 0.395 e. The van der Waals surface area contributed by atoms with Crippen LogP contribution in [0.5, 0.6) is 0 Å². The summed E-state index contributed by atoms with van der Waals surface area (Å²) >= 11 is 0. The lowest BCUT2D eigenvalue weighted by Crippen LogP contribution is -2.49. The molecule has 5 rings (SSSR count). The van der Waals surface area contributed by atoms with Gasteiger partial charge in [0.1, 0.15) is 0 Å². The number of aryl methyl sites for hydroxylation is 1. The first kappa shape index (κ1) is 23.4. The summed E-state index contributed by atoms with van der Waals surface area (Å²) < 4.78 is 1.64. The molecule has 1 saturated heterocycles. The summed E-state index contributed by atoms with van der Waals surface area (Å²) in [6, 6.07) is 7.81. The summed E-state index contributed by atoms with van der Waals surface area (Å²) in [5.74, 6) is -0.0896. The number of para-hydroxylation sites is 1. The van der Waals surface area contributed by atoms with Crippen LogP contribution in [-0.2, 0) is 24.8 Å². The van der Waals surface area contributed by atoms with Gasteiger partial charge in [-0.25, -0.2) is 0 Å². The molecule has 0 atom stereocenters. The molecule has 0 unspecified atom stereocenters. The van der Waals surface area contributed by atoms with Crippen molar-refractivity contribution in [1.82, 2.24) is 29.5 Å². The van der Waals surface area contributed by atoms with Crippen LogP contribution in [-0.4, -0.2) is 98.8 Å². The van der Waals surface area contributed by atoms with E-state index in [2.05, 4.69) is 20.2 Å². The van der Waals surface area contributed by atoms with Gasteiger partial charge < -0.3 is 15.3 Å². The zero-order valence-corrected chi connectivity index (χ0v) is 20.0. The van der Waals surface area contributed by atoms with Crippen LogP contribution in [0, 0.1) is 0 Å². The van der Waals surface area contributed by atoms with Crippen molar-refractivity contribution in [2.45, 2.75) is 13.0 Å². The van der Waals surface area contributed by atoms with Gasteiger partial charge in [0.25, 0.3) is 5.91 Å². The van der Waals surface area contributed by atoms with Gasteiger partial charge in [-0.3, -0.25) is 29.1 Å². The number of benzene rings is 1. The molecule has 3 aromatic rings. The third kappa shape index (κ3) is 5.04. The Kier molecular flexibility index (Phi) is 6.76. The minimum atomic E-state index is -0.108. The first-order chi connectivity index (χ1) is 17.0. The number of aliphatic hydroxyl groups excluding tert-OH is 1. The lowest BCUT2D eigenvalue weighted by Gasteiger charge is -2.36. The van der Waals surface area contributed by atoms with Gasteiger partial charge in [0, 0.05) is 82.1 Å². The number of nitrogens with one attached hydrogen (secondary N) is 1. The van der Waals surface area contributed by atoms with Gasteiger partial charge in [-0.05, 0) is 6.07 Å². The van der Waals surface area contributed by atoms with E-state index in [0.717, 1.165) is 35.2 Å². The average Bonchev–Trinajstić information content (AvgIpc) is 3.27. The van der Waals surface area contributed by atoms with E-state index in [1.807, 2.05) is 29.2 Å². The molecule has 1 fully saturated rings. The number of fused-ring (bicyclic) bond motifs is 2. The number of carbonyl (C=O) groups excluding carboxylic acids is 2. The van der Waals surface area contributed by atoms with Crippen molar-refractivity contribution >= 4 is 28.4 Å². The molecule has 1 aromatic carbocycles. The fourth-order valence-electron chi connectivity index (χ4n) is 4.99. The Morgan fingerprint density at radius 3 is 2.63 bits per heavy atom. The maximum Gasteiger partial charge on any atom is 0.255 e. The Labute approximate surface area is 204 Å². The van der Waals surface area contributed by atoms with Gasteiger partial charge in [0.2, 0.25) is 5.91 Å². The minimum absolute atomic E-state index is 0.0187. The summed E-state index contributed by atoms with van der Waals surface area (Å²) in [5.41, 5.74) is 4.07. The van der Waals surface area contributed by atoms with Crippen LogP contribution in [0.4, 0.5) is 5.69 Å². The Hall–Kier alpha value is -3.34. The van der Waals surface area contributed by atoms with E-state index in [-0.39, 0.29) is 25.0 Å². The molecular weight excluding hydrogens is 446 g/mol. The molecule has 0 spiro atoms. The molecule has 0 saturated carbocycles. The van der Waals surface area contributed by atoms with Crippen LogP contribution < -0.4 is 5.32 Å². The van der Waals surface area contributed by atoms with Crippen molar-refractivity contribution in [3.8, 4) is 0 Å². The highest BCUT2D eigenvalue weighted by molar-refractivity contribution is 6.07. The van der Waals surface area contributed by atoms with E-state index in [9.17, 15) is 14.7 Å². The van der Waals surface area contributed by atoms with E-state index in [1.54, 1.807) is 24.1 Å². The van der Waals surface area contributed by atoms with Crippen molar-refractivity contribution in [3.63, 3.8) is 0 Å². The molecular formula is C25H31N7O3. The number of rotatable bonds is 6. The summed E-state index contributed by atoms with van der Waals surface area (Å²) in [7, 11) is 1.81. The number of β-amino-alcohol motifs (C(OH)–C–C–N with tert-alkyl or cyclic N) is 1. The molecule has 2 aromatic heterocycles. The Balaban J connectivity index is 1.39.